The molecule has 0 fully saturated rings. The Balaban J connectivity index is -0.000000120. The molecule has 1 aromatic rings. The molecule has 0 N–H and O–H groups in total. The fourth-order valence-electron chi connectivity index (χ4n) is 0.313. The maximum absolute atomic E-state index is 3.78. The minimum absolute atomic E-state index is 0. The van der Waals surface area contributed by atoms with Crippen molar-refractivity contribution >= 4 is 17.4 Å². The zero-order chi connectivity index (χ0) is 4.24. The molecule has 38 valence electrons. The molecule has 1 nitrogen and oxygen atoms in total. The number of nitrogens with zero attached hydrogens (tertiary/aromatic N) is 1. The SMILES string of the molecule is [AlH3].[H-].[Li+].c1ccncc1. The predicted octanol–water partition coefficient (Wildman–Crippen LogP) is -2.99. The Labute approximate surface area is 73.3 Å². The molecule has 0 aromatic carbocycles. The van der Waals surface area contributed by atoms with E-state index in [0.29, 0.717) is 0 Å². The molecule has 0 amide bonds. The first kappa shape index (κ1) is 11.1. The third-order valence-corrected chi connectivity index (χ3v) is 0.566. The molecule has 0 aliphatic rings. The molecule has 1 aromatic heterocycles. The Morgan fingerprint density at radius 2 is 1.50 bits per heavy atom. The normalized spacial score (nSPS) is 6.00. The first-order valence-electron chi connectivity index (χ1n) is 1.85. The second-order valence-corrected chi connectivity index (χ2v) is 1.02. The summed E-state index contributed by atoms with van der Waals surface area (Å²) in [5.41, 5.74) is 0. The van der Waals surface area contributed by atoms with Crippen LogP contribution in [-0.2, 0) is 0 Å². The Morgan fingerprint density at radius 3 is 1.62 bits per heavy atom. The summed E-state index contributed by atoms with van der Waals surface area (Å²) in [5.74, 6) is 0. The van der Waals surface area contributed by atoms with Crippen LogP contribution in [0.4, 0.5) is 0 Å². The fourth-order valence-corrected chi connectivity index (χ4v) is 0.313. The van der Waals surface area contributed by atoms with Crippen LogP contribution in [-0.4, -0.2) is 22.3 Å². The average Bonchev–Trinajstić information content (AvgIpc) is 1.72. The van der Waals surface area contributed by atoms with E-state index >= 15 is 0 Å². The van der Waals surface area contributed by atoms with Crippen LogP contribution in [0.15, 0.2) is 30.6 Å². The van der Waals surface area contributed by atoms with Gasteiger partial charge in [-0.2, -0.15) is 0 Å². The van der Waals surface area contributed by atoms with Gasteiger partial charge in [-0.15, -0.1) is 0 Å². The van der Waals surface area contributed by atoms with Crippen LogP contribution in [0.1, 0.15) is 1.43 Å². The molecule has 1 heterocycles. The molecule has 8 heavy (non-hydrogen) atoms. The fraction of sp³-hybridized carbons (Fsp3) is 0. The first-order chi connectivity index (χ1) is 3.00. The summed E-state index contributed by atoms with van der Waals surface area (Å²) in [4.78, 5) is 3.78. The minimum Gasteiger partial charge on any atom is -1.00 e. The summed E-state index contributed by atoms with van der Waals surface area (Å²) >= 11 is 0. The summed E-state index contributed by atoms with van der Waals surface area (Å²) in [7, 11) is 0. The molecular formula is C5H9AlLiN. The summed E-state index contributed by atoms with van der Waals surface area (Å²) in [6, 6.07) is 5.72. The molecule has 0 unspecified atom stereocenters. The van der Waals surface area contributed by atoms with Crippen LogP contribution in [0.2, 0.25) is 0 Å². The van der Waals surface area contributed by atoms with Crippen LogP contribution >= 0.6 is 0 Å². The zero-order valence-corrected chi connectivity index (χ0v) is 4.33. The smallest absolute Gasteiger partial charge is 1.00 e. The third-order valence-electron chi connectivity index (χ3n) is 0.566. The third kappa shape index (κ3) is 4.44. The zero-order valence-electron chi connectivity index (χ0n) is 5.33. The molecule has 1 rings (SSSR count). The van der Waals surface area contributed by atoms with E-state index in [-0.39, 0.29) is 37.6 Å². The maximum Gasteiger partial charge on any atom is 1.00 e. The van der Waals surface area contributed by atoms with Gasteiger partial charge in [0.25, 0.3) is 0 Å². The van der Waals surface area contributed by atoms with Crippen molar-refractivity contribution in [2.45, 2.75) is 0 Å². The van der Waals surface area contributed by atoms with E-state index in [9.17, 15) is 0 Å². The van der Waals surface area contributed by atoms with Gasteiger partial charge in [0.05, 0.1) is 0 Å². The van der Waals surface area contributed by atoms with E-state index in [0.717, 1.165) is 0 Å². The van der Waals surface area contributed by atoms with Crippen molar-refractivity contribution in [3.05, 3.63) is 30.6 Å². The Bertz CT molecular complexity index is 88.9. The van der Waals surface area contributed by atoms with Crippen LogP contribution in [0.5, 0.6) is 0 Å². The predicted molar refractivity (Wildman–Crippen MR) is 35.3 cm³/mol. The molecule has 0 bridgehead atoms. The molecule has 0 aliphatic carbocycles. The minimum atomic E-state index is 0. The number of rotatable bonds is 0. The number of pyridine rings is 1. The van der Waals surface area contributed by atoms with Gasteiger partial charge in [-0.05, 0) is 12.1 Å². The summed E-state index contributed by atoms with van der Waals surface area (Å²) in [6.07, 6.45) is 3.50. The van der Waals surface area contributed by atoms with Gasteiger partial charge >= 0.3 is 18.9 Å². The van der Waals surface area contributed by atoms with Crippen molar-refractivity contribution < 1.29 is 20.3 Å². The van der Waals surface area contributed by atoms with Crippen LogP contribution < -0.4 is 18.9 Å². The topological polar surface area (TPSA) is 12.9 Å². The van der Waals surface area contributed by atoms with E-state index in [1.165, 1.54) is 0 Å². The molecule has 0 atom stereocenters. The van der Waals surface area contributed by atoms with Gasteiger partial charge in [-0.3, -0.25) is 4.98 Å². The van der Waals surface area contributed by atoms with E-state index in [1.807, 2.05) is 18.2 Å². The number of hydrogen-bond donors (Lipinski definition) is 0. The largest absolute Gasteiger partial charge is 1.00 e. The van der Waals surface area contributed by atoms with Crippen molar-refractivity contribution in [3.8, 4) is 0 Å². The van der Waals surface area contributed by atoms with Gasteiger partial charge in [-0.1, -0.05) is 6.07 Å². The van der Waals surface area contributed by atoms with Crippen molar-refractivity contribution in [2.75, 3.05) is 0 Å². The van der Waals surface area contributed by atoms with Crippen LogP contribution in [0.25, 0.3) is 0 Å². The van der Waals surface area contributed by atoms with E-state index < -0.39 is 0 Å². The van der Waals surface area contributed by atoms with Crippen molar-refractivity contribution in [3.63, 3.8) is 0 Å². The Morgan fingerprint density at radius 1 is 1.00 bits per heavy atom. The quantitative estimate of drug-likeness (QED) is 0.330. The van der Waals surface area contributed by atoms with E-state index in [4.69, 9.17) is 0 Å². The average molecular weight is 117 g/mol. The first-order valence-corrected chi connectivity index (χ1v) is 1.85. The summed E-state index contributed by atoms with van der Waals surface area (Å²) in [5, 5.41) is 0. The van der Waals surface area contributed by atoms with Gasteiger partial charge < -0.3 is 1.43 Å². The second-order valence-electron chi connectivity index (χ2n) is 1.02. The Hall–Kier alpha value is 0.280. The van der Waals surface area contributed by atoms with E-state index in [2.05, 4.69) is 4.98 Å². The van der Waals surface area contributed by atoms with Crippen LogP contribution in [0.3, 0.4) is 0 Å². The second kappa shape index (κ2) is 7.28. The van der Waals surface area contributed by atoms with E-state index in [1.54, 1.807) is 12.4 Å². The molecule has 0 radical (unpaired) electrons. The number of aromatic nitrogens is 1. The van der Waals surface area contributed by atoms with Gasteiger partial charge in [0.15, 0.2) is 17.4 Å². The molecule has 3 heteroatoms. The van der Waals surface area contributed by atoms with Crippen LogP contribution in [0, 0.1) is 0 Å². The number of hydrogen-bond acceptors (Lipinski definition) is 1. The van der Waals surface area contributed by atoms with Crippen molar-refractivity contribution in [1.29, 1.82) is 0 Å². The van der Waals surface area contributed by atoms with Crippen molar-refractivity contribution in [2.24, 2.45) is 0 Å². The summed E-state index contributed by atoms with van der Waals surface area (Å²) < 4.78 is 0. The van der Waals surface area contributed by atoms with Gasteiger partial charge in [0.2, 0.25) is 0 Å². The monoisotopic (exact) mass is 117 g/mol. The van der Waals surface area contributed by atoms with Gasteiger partial charge in [0.1, 0.15) is 0 Å². The maximum atomic E-state index is 3.78. The molecule has 0 aliphatic heterocycles. The van der Waals surface area contributed by atoms with Gasteiger partial charge in [-0.25, -0.2) is 0 Å². The molecule has 0 spiro atoms. The Kier molecular flexibility index (Phi) is 10.1. The van der Waals surface area contributed by atoms with Crippen molar-refractivity contribution in [1.82, 2.24) is 4.98 Å². The molecule has 0 saturated heterocycles. The summed E-state index contributed by atoms with van der Waals surface area (Å²) in [6.45, 7) is 0. The standard InChI is InChI=1S/C5H5N.Al.Li.4H/c1-2-4-6-5-3-1;;;;;;/h1-5H;;;;;;/q;;+1;;;;-1. The molecule has 0 saturated carbocycles. The van der Waals surface area contributed by atoms with Gasteiger partial charge in [0, 0.05) is 12.4 Å². The molecular weight excluding hydrogens is 108 g/mol.